The summed E-state index contributed by atoms with van der Waals surface area (Å²) < 4.78 is 10.0. The van der Waals surface area contributed by atoms with Crippen molar-refractivity contribution in [1.82, 2.24) is 9.80 Å². The Balaban J connectivity index is 2.75. The van der Waals surface area contributed by atoms with Gasteiger partial charge in [0.25, 0.3) is 0 Å². The van der Waals surface area contributed by atoms with Crippen molar-refractivity contribution in [3.8, 4) is 0 Å². The van der Waals surface area contributed by atoms with Crippen molar-refractivity contribution in [3.63, 3.8) is 0 Å². The summed E-state index contributed by atoms with van der Waals surface area (Å²) in [5.41, 5.74) is -1.11. The number of carboxylic acids is 1. The molecule has 1 unspecified atom stereocenters. The molecule has 122 valence electrons. The van der Waals surface area contributed by atoms with Gasteiger partial charge in [-0.25, -0.2) is 9.59 Å². The fraction of sp³-hybridized carbons (Fsp3) is 0.857. The van der Waals surface area contributed by atoms with E-state index in [1.165, 1.54) is 4.90 Å². The van der Waals surface area contributed by atoms with Gasteiger partial charge in [0.1, 0.15) is 5.54 Å². The van der Waals surface area contributed by atoms with Crippen molar-refractivity contribution in [2.45, 2.75) is 31.7 Å². The van der Waals surface area contributed by atoms with Crippen LogP contribution in [0.2, 0.25) is 0 Å². The van der Waals surface area contributed by atoms with E-state index in [1.54, 1.807) is 26.0 Å². The van der Waals surface area contributed by atoms with Gasteiger partial charge in [-0.2, -0.15) is 0 Å². The van der Waals surface area contributed by atoms with Crippen LogP contribution in [0.4, 0.5) is 4.79 Å². The Labute approximate surface area is 125 Å². The number of hydrogen-bond donors (Lipinski definition) is 1. The molecule has 1 aliphatic heterocycles. The number of carbonyl (C=O) groups excluding carboxylic acids is 1. The molecule has 0 bridgehead atoms. The molecule has 0 aromatic rings. The zero-order valence-electron chi connectivity index (χ0n) is 13.1. The fourth-order valence-electron chi connectivity index (χ4n) is 2.57. The summed E-state index contributed by atoms with van der Waals surface area (Å²) in [4.78, 5) is 27.3. The monoisotopic (exact) mass is 302 g/mol. The number of carbonyl (C=O) groups is 2. The van der Waals surface area contributed by atoms with Gasteiger partial charge in [0, 0.05) is 40.5 Å². The van der Waals surface area contributed by atoms with Gasteiger partial charge in [0.15, 0.2) is 0 Å². The number of carboxylic acid groups (broad SMARTS) is 1. The molecule has 1 saturated heterocycles. The van der Waals surface area contributed by atoms with E-state index in [-0.39, 0.29) is 6.03 Å². The molecule has 0 aliphatic carbocycles. The number of amides is 2. The van der Waals surface area contributed by atoms with Crippen LogP contribution in [0.3, 0.4) is 0 Å². The van der Waals surface area contributed by atoms with Crippen LogP contribution in [0.1, 0.15) is 26.2 Å². The molecular weight excluding hydrogens is 276 g/mol. The third kappa shape index (κ3) is 4.31. The fourth-order valence-corrected chi connectivity index (χ4v) is 2.57. The summed E-state index contributed by atoms with van der Waals surface area (Å²) in [6.07, 6.45) is 1.92. The van der Waals surface area contributed by atoms with Gasteiger partial charge >= 0.3 is 12.0 Å². The van der Waals surface area contributed by atoms with Crippen molar-refractivity contribution in [2.75, 3.05) is 47.1 Å². The van der Waals surface area contributed by atoms with Gasteiger partial charge in [0.05, 0.1) is 6.61 Å². The van der Waals surface area contributed by atoms with E-state index >= 15 is 0 Å². The Hall–Kier alpha value is -1.34. The summed E-state index contributed by atoms with van der Waals surface area (Å²) in [6, 6.07) is -0.231. The van der Waals surface area contributed by atoms with Gasteiger partial charge in [-0.1, -0.05) is 0 Å². The number of methoxy groups -OCH3 is 2. The Morgan fingerprint density at radius 2 is 1.90 bits per heavy atom. The highest BCUT2D eigenvalue weighted by Crippen LogP contribution is 2.30. The van der Waals surface area contributed by atoms with Gasteiger partial charge in [-0.3, -0.25) is 0 Å². The zero-order chi connectivity index (χ0) is 15.9. The van der Waals surface area contributed by atoms with Crippen LogP contribution in [-0.2, 0) is 14.3 Å². The van der Waals surface area contributed by atoms with Gasteiger partial charge in [0.2, 0.25) is 0 Å². The molecule has 0 spiro atoms. The first-order valence-electron chi connectivity index (χ1n) is 7.25. The lowest BCUT2D eigenvalue weighted by Crippen LogP contribution is -2.55. The predicted octanol–water partition coefficient (Wildman–Crippen LogP) is 1.03. The largest absolute Gasteiger partial charge is 0.480 e. The van der Waals surface area contributed by atoms with E-state index in [0.29, 0.717) is 52.1 Å². The van der Waals surface area contributed by atoms with E-state index < -0.39 is 11.5 Å². The van der Waals surface area contributed by atoms with Crippen molar-refractivity contribution in [2.24, 2.45) is 0 Å². The van der Waals surface area contributed by atoms with E-state index in [4.69, 9.17) is 9.47 Å². The normalized spacial score (nSPS) is 21.6. The maximum absolute atomic E-state index is 12.7. The molecule has 0 aromatic carbocycles. The number of ether oxygens (including phenoxy) is 2. The second kappa shape index (κ2) is 8.19. The maximum Gasteiger partial charge on any atom is 0.329 e. The molecule has 1 aliphatic rings. The summed E-state index contributed by atoms with van der Waals surface area (Å²) in [5.74, 6) is -0.947. The van der Waals surface area contributed by atoms with E-state index in [1.807, 2.05) is 0 Å². The first-order chi connectivity index (χ1) is 9.97. The van der Waals surface area contributed by atoms with Crippen molar-refractivity contribution in [3.05, 3.63) is 0 Å². The van der Waals surface area contributed by atoms with Crippen molar-refractivity contribution >= 4 is 12.0 Å². The molecule has 1 atom stereocenters. The molecule has 1 rings (SSSR count). The number of likely N-dealkylation sites (tertiary alicyclic amines) is 1. The number of rotatable bonds is 8. The van der Waals surface area contributed by atoms with E-state index in [2.05, 4.69) is 0 Å². The lowest BCUT2D eigenvalue weighted by atomic mass is 10.00. The minimum absolute atomic E-state index is 0.231. The summed E-state index contributed by atoms with van der Waals surface area (Å²) in [7, 11) is 3.19. The predicted molar refractivity (Wildman–Crippen MR) is 77.3 cm³/mol. The van der Waals surface area contributed by atoms with Crippen LogP contribution in [0.25, 0.3) is 0 Å². The van der Waals surface area contributed by atoms with Crippen LogP contribution >= 0.6 is 0 Å². The molecule has 1 N–H and O–H groups in total. The summed E-state index contributed by atoms with van der Waals surface area (Å²) >= 11 is 0. The minimum atomic E-state index is -1.11. The lowest BCUT2D eigenvalue weighted by Gasteiger charge is -2.35. The molecule has 0 radical (unpaired) electrons. The third-order valence-corrected chi connectivity index (χ3v) is 3.95. The Morgan fingerprint density at radius 1 is 1.24 bits per heavy atom. The zero-order valence-corrected chi connectivity index (χ0v) is 13.1. The topological polar surface area (TPSA) is 79.3 Å². The van der Waals surface area contributed by atoms with Crippen LogP contribution in [-0.4, -0.2) is 79.5 Å². The Morgan fingerprint density at radius 3 is 2.48 bits per heavy atom. The number of urea groups is 1. The van der Waals surface area contributed by atoms with Gasteiger partial charge in [-0.05, 0) is 26.2 Å². The average molecular weight is 302 g/mol. The molecular formula is C14H26N2O5. The molecule has 0 saturated carbocycles. The summed E-state index contributed by atoms with van der Waals surface area (Å²) in [6.45, 7) is 4.07. The molecule has 21 heavy (non-hydrogen) atoms. The van der Waals surface area contributed by atoms with Crippen molar-refractivity contribution < 1.29 is 24.2 Å². The molecule has 2 amide bonds. The van der Waals surface area contributed by atoms with Gasteiger partial charge in [-0.15, -0.1) is 0 Å². The SMILES string of the molecule is COCCCN(CCOC)C(=O)N1CCCC1(C)C(=O)O. The average Bonchev–Trinajstić information content (AvgIpc) is 2.85. The molecule has 0 aromatic heterocycles. The third-order valence-electron chi connectivity index (χ3n) is 3.95. The molecule has 7 nitrogen and oxygen atoms in total. The van der Waals surface area contributed by atoms with Gasteiger partial charge < -0.3 is 24.4 Å². The Bertz CT molecular complexity index is 363. The molecule has 1 fully saturated rings. The smallest absolute Gasteiger partial charge is 0.329 e. The van der Waals surface area contributed by atoms with Crippen LogP contribution in [0.15, 0.2) is 0 Å². The first-order valence-corrected chi connectivity index (χ1v) is 7.25. The lowest BCUT2D eigenvalue weighted by molar-refractivity contribution is -0.147. The number of aliphatic carboxylic acids is 1. The number of nitrogens with zero attached hydrogens (tertiary/aromatic N) is 2. The highest BCUT2D eigenvalue weighted by molar-refractivity contribution is 5.86. The highest BCUT2D eigenvalue weighted by Gasteiger charge is 2.47. The van der Waals surface area contributed by atoms with Crippen LogP contribution in [0, 0.1) is 0 Å². The standard InChI is InChI=1S/C14H26N2O5/c1-14(12(17)18)6-4-8-16(14)13(19)15(9-11-21-3)7-5-10-20-2/h4-11H2,1-3H3,(H,17,18). The maximum atomic E-state index is 12.7. The first kappa shape index (κ1) is 17.7. The minimum Gasteiger partial charge on any atom is -0.480 e. The van der Waals surface area contributed by atoms with E-state index in [9.17, 15) is 14.7 Å². The highest BCUT2D eigenvalue weighted by atomic mass is 16.5. The molecule has 1 heterocycles. The van der Waals surface area contributed by atoms with Crippen LogP contribution < -0.4 is 0 Å². The number of hydrogen-bond acceptors (Lipinski definition) is 4. The Kier molecular flexibility index (Phi) is 6.91. The van der Waals surface area contributed by atoms with Crippen LogP contribution in [0.5, 0.6) is 0 Å². The summed E-state index contributed by atoms with van der Waals surface area (Å²) in [5, 5.41) is 9.41. The molecule has 7 heteroatoms. The second-order valence-electron chi connectivity index (χ2n) is 5.44. The van der Waals surface area contributed by atoms with E-state index in [0.717, 1.165) is 0 Å². The van der Waals surface area contributed by atoms with Crippen molar-refractivity contribution in [1.29, 1.82) is 0 Å². The second-order valence-corrected chi connectivity index (χ2v) is 5.44. The quantitative estimate of drug-likeness (QED) is 0.677.